The monoisotopic (exact) mass is 397 g/mol. The van der Waals surface area contributed by atoms with Gasteiger partial charge in [0, 0.05) is 35.4 Å². The highest BCUT2D eigenvalue weighted by atomic mass is 16.6. The first-order chi connectivity index (χ1) is 14.7. The van der Waals surface area contributed by atoms with E-state index >= 15 is 0 Å². The highest BCUT2D eigenvalue weighted by Crippen LogP contribution is 2.35. The molecule has 1 aliphatic heterocycles. The van der Waals surface area contributed by atoms with E-state index < -0.39 is 0 Å². The Morgan fingerprint density at radius 3 is 2.63 bits per heavy atom. The van der Waals surface area contributed by atoms with Crippen molar-refractivity contribution in [2.24, 2.45) is 0 Å². The van der Waals surface area contributed by atoms with Crippen molar-refractivity contribution in [1.82, 2.24) is 4.98 Å². The summed E-state index contributed by atoms with van der Waals surface area (Å²) in [6, 6.07) is 24.9. The molecule has 150 valence electrons. The highest BCUT2D eigenvalue weighted by Gasteiger charge is 2.25. The molecule has 3 aromatic carbocycles. The van der Waals surface area contributed by atoms with Crippen LogP contribution in [0.3, 0.4) is 0 Å². The number of hydrogen-bond acceptors (Lipinski definition) is 3. The lowest BCUT2D eigenvalue weighted by molar-refractivity contribution is -0.481. The van der Waals surface area contributed by atoms with Gasteiger partial charge in [-0.05, 0) is 58.3 Å². The standard InChI is InChI=1S/C25H23N3O2/c29-28(30)17-23(19-6-8-24-21(14-19)10-12-26-24)20-7-9-25-22(15-20)11-13-27(25)16-18-4-2-1-3-5-18/h1-10,12,14-15,23,26H,11,13,16-17H2. The summed E-state index contributed by atoms with van der Waals surface area (Å²) in [5, 5.41) is 12.5. The van der Waals surface area contributed by atoms with Crippen molar-refractivity contribution < 1.29 is 4.92 Å². The van der Waals surface area contributed by atoms with Crippen LogP contribution in [-0.2, 0) is 13.0 Å². The van der Waals surface area contributed by atoms with E-state index in [-0.39, 0.29) is 17.4 Å². The third kappa shape index (κ3) is 3.54. The summed E-state index contributed by atoms with van der Waals surface area (Å²) < 4.78 is 0. The molecule has 0 aliphatic carbocycles. The molecule has 1 aromatic heterocycles. The lowest BCUT2D eigenvalue weighted by atomic mass is 9.89. The molecule has 1 aliphatic rings. The van der Waals surface area contributed by atoms with Gasteiger partial charge in [-0.2, -0.15) is 0 Å². The third-order valence-electron chi connectivity index (χ3n) is 6.03. The average molecular weight is 397 g/mol. The molecule has 5 heteroatoms. The number of H-pyrrole nitrogens is 1. The first kappa shape index (κ1) is 18.4. The van der Waals surface area contributed by atoms with Crippen LogP contribution in [0.15, 0.2) is 79.0 Å². The smallest absolute Gasteiger partial charge is 0.214 e. The van der Waals surface area contributed by atoms with E-state index in [9.17, 15) is 10.1 Å². The molecule has 0 saturated heterocycles. The van der Waals surface area contributed by atoms with Crippen LogP contribution in [0.5, 0.6) is 0 Å². The van der Waals surface area contributed by atoms with Crippen LogP contribution < -0.4 is 4.90 Å². The van der Waals surface area contributed by atoms with E-state index in [0.29, 0.717) is 0 Å². The van der Waals surface area contributed by atoms with Crippen LogP contribution in [0.2, 0.25) is 0 Å². The van der Waals surface area contributed by atoms with Crippen LogP contribution in [0.4, 0.5) is 5.69 Å². The van der Waals surface area contributed by atoms with Gasteiger partial charge in [-0.15, -0.1) is 0 Å². The zero-order valence-corrected chi connectivity index (χ0v) is 16.6. The fraction of sp³-hybridized carbons (Fsp3) is 0.200. The van der Waals surface area contributed by atoms with E-state index in [0.717, 1.165) is 41.5 Å². The van der Waals surface area contributed by atoms with Crippen molar-refractivity contribution in [2.75, 3.05) is 18.0 Å². The Kier molecular flexibility index (Phi) is 4.71. The summed E-state index contributed by atoms with van der Waals surface area (Å²) in [6.45, 7) is 1.75. The van der Waals surface area contributed by atoms with Crippen molar-refractivity contribution in [3.8, 4) is 0 Å². The fourth-order valence-corrected chi connectivity index (χ4v) is 4.52. The number of benzene rings is 3. The zero-order chi connectivity index (χ0) is 20.5. The van der Waals surface area contributed by atoms with Crippen LogP contribution in [-0.4, -0.2) is 23.0 Å². The average Bonchev–Trinajstić information content (AvgIpc) is 3.39. The Labute approximate surface area is 175 Å². The summed E-state index contributed by atoms with van der Waals surface area (Å²) in [5.41, 5.74) is 6.85. The van der Waals surface area contributed by atoms with E-state index in [1.54, 1.807) is 0 Å². The molecular formula is C25H23N3O2. The van der Waals surface area contributed by atoms with E-state index in [1.807, 2.05) is 30.5 Å². The van der Waals surface area contributed by atoms with Gasteiger partial charge in [-0.3, -0.25) is 10.1 Å². The topological polar surface area (TPSA) is 62.2 Å². The number of rotatable bonds is 6. The Bertz CT molecular complexity index is 1200. The van der Waals surface area contributed by atoms with E-state index in [4.69, 9.17) is 0 Å². The van der Waals surface area contributed by atoms with Crippen LogP contribution in [0.1, 0.15) is 28.2 Å². The first-order valence-corrected chi connectivity index (χ1v) is 10.3. The third-order valence-corrected chi connectivity index (χ3v) is 6.03. The minimum Gasteiger partial charge on any atom is -0.367 e. The first-order valence-electron chi connectivity index (χ1n) is 10.3. The molecule has 1 N–H and O–H groups in total. The maximum absolute atomic E-state index is 11.5. The maximum atomic E-state index is 11.5. The molecule has 0 bridgehead atoms. The van der Waals surface area contributed by atoms with Gasteiger partial charge >= 0.3 is 0 Å². The normalized spacial score (nSPS) is 14.1. The molecule has 30 heavy (non-hydrogen) atoms. The molecule has 5 rings (SSSR count). The quantitative estimate of drug-likeness (QED) is 0.362. The van der Waals surface area contributed by atoms with Crippen molar-refractivity contribution in [1.29, 1.82) is 0 Å². The second-order valence-corrected chi connectivity index (χ2v) is 7.94. The Morgan fingerprint density at radius 2 is 1.80 bits per heavy atom. The van der Waals surface area contributed by atoms with Gasteiger partial charge < -0.3 is 9.88 Å². The number of hydrogen-bond donors (Lipinski definition) is 1. The number of nitrogens with zero attached hydrogens (tertiary/aromatic N) is 2. The van der Waals surface area contributed by atoms with Gasteiger partial charge in [0.1, 0.15) is 0 Å². The predicted octanol–water partition coefficient (Wildman–Crippen LogP) is 5.14. The minimum atomic E-state index is -0.257. The van der Waals surface area contributed by atoms with Gasteiger partial charge in [0.25, 0.3) is 0 Å². The number of anilines is 1. The highest BCUT2D eigenvalue weighted by molar-refractivity contribution is 5.80. The molecule has 0 fully saturated rings. The fourth-order valence-electron chi connectivity index (χ4n) is 4.52. The second kappa shape index (κ2) is 7.67. The van der Waals surface area contributed by atoms with E-state index in [2.05, 4.69) is 58.4 Å². The molecule has 0 amide bonds. The minimum absolute atomic E-state index is 0.109. The van der Waals surface area contributed by atoms with Crippen LogP contribution in [0, 0.1) is 10.1 Å². The van der Waals surface area contributed by atoms with Gasteiger partial charge in [0.2, 0.25) is 6.54 Å². The van der Waals surface area contributed by atoms with Gasteiger partial charge in [-0.25, -0.2) is 0 Å². The largest absolute Gasteiger partial charge is 0.367 e. The maximum Gasteiger partial charge on any atom is 0.214 e. The lowest BCUT2D eigenvalue weighted by Crippen LogP contribution is -2.19. The Morgan fingerprint density at radius 1 is 1.00 bits per heavy atom. The van der Waals surface area contributed by atoms with Crippen molar-refractivity contribution in [3.05, 3.63) is 111 Å². The van der Waals surface area contributed by atoms with Crippen LogP contribution >= 0.6 is 0 Å². The number of aromatic nitrogens is 1. The molecule has 1 unspecified atom stereocenters. The van der Waals surface area contributed by atoms with Crippen molar-refractivity contribution >= 4 is 16.6 Å². The van der Waals surface area contributed by atoms with Gasteiger partial charge in [-0.1, -0.05) is 48.5 Å². The molecule has 1 atom stereocenters. The molecule has 0 spiro atoms. The summed E-state index contributed by atoms with van der Waals surface area (Å²) in [7, 11) is 0. The lowest BCUT2D eigenvalue weighted by Gasteiger charge is -2.21. The molecule has 2 heterocycles. The Hall–Kier alpha value is -3.60. The zero-order valence-electron chi connectivity index (χ0n) is 16.6. The second-order valence-electron chi connectivity index (χ2n) is 7.94. The SMILES string of the molecule is O=[N+]([O-])CC(c1ccc2c(c1)CCN2Cc1ccccc1)c1ccc2[nH]ccc2c1. The predicted molar refractivity (Wildman–Crippen MR) is 120 cm³/mol. The number of nitro groups is 1. The summed E-state index contributed by atoms with van der Waals surface area (Å²) in [6.07, 6.45) is 2.87. The number of nitrogens with one attached hydrogen (secondary N) is 1. The molecular weight excluding hydrogens is 374 g/mol. The van der Waals surface area contributed by atoms with Gasteiger partial charge in [0.05, 0.1) is 5.92 Å². The summed E-state index contributed by atoms with van der Waals surface area (Å²) in [5.74, 6) is -0.257. The number of fused-ring (bicyclic) bond motifs is 2. The molecule has 5 nitrogen and oxygen atoms in total. The molecule has 0 saturated carbocycles. The summed E-state index contributed by atoms with van der Waals surface area (Å²) >= 11 is 0. The van der Waals surface area contributed by atoms with Crippen LogP contribution in [0.25, 0.3) is 10.9 Å². The van der Waals surface area contributed by atoms with Crippen molar-refractivity contribution in [2.45, 2.75) is 18.9 Å². The molecule has 0 radical (unpaired) electrons. The number of aromatic amines is 1. The Balaban J connectivity index is 1.46. The van der Waals surface area contributed by atoms with Crippen molar-refractivity contribution in [3.63, 3.8) is 0 Å². The molecule has 4 aromatic rings. The summed E-state index contributed by atoms with van der Waals surface area (Å²) in [4.78, 5) is 16.8. The van der Waals surface area contributed by atoms with E-state index in [1.165, 1.54) is 16.8 Å². The van der Waals surface area contributed by atoms with Gasteiger partial charge in [0.15, 0.2) is 0 Å².